The van der Waals surface area contributed by atoms with Crippen molar-refractivity contribution in [3.8, 4) is 0 Å². The highest BCUT2D eigenvalue weighted by Gasteiger charge is 2.26. The lowest BCUT2D eigenvalue weighted by Crippen LogP contribution is -2.38. The smallest absolute Gasteiger partial charge is 0.264 e. The van der Waals surface area contributed by atoms with Gasteiger partial charge >= 0.3 is 0 Å². The quantitative estimate of drug-likeness (QED) is 0.697. The number of aromatic nitrogens is 2. The van der Waals surface area contributed by atoms with Crippen LogP contribution >= 0.6 is 11.3 Å². The van der Waals surface area contributed by atoms with Gasteiger partial charge in [-0.05, 0) is 48.9 Å². The average molecular weight is 399 g/mol. The van der Waals surface area contributed by atoms with E-state index in [9.17, 15) is 9.18 Å². The van der Waals surface area contributed by atoms with Crippen LogP contribution in [0.15, 0.2) is 30.6 Å². The van der Waals surface area contributed by atoms with Crippen molar-refractivity contribution in [2.75, 3.05) is 18.4 Å². The van der Waals surface area contributed by atoms with Crippen LogP contribution in [0.2, 0.25) is 0 Å². The minimum Gasteiger partial charge on any atom is -0.365 e. The van der Waals surface area contributed by atoms with Crippen molar-refractivity contribution in [3.63, 3.8) is 0 Å². The molecule has 3 aromatic rings. The number of likely N-dealkylation sites (tertiary alicyclic amines) is 1. The fraction of sp³-hybridized carbons (Fsp3) is 0.381. The van der Waals surface area contributed by atoms with Crippen LogP contribution in [0.25, 0.3) is 10.2 Å². The predicted molar refractivity (Wildman–Crippen MR) is 110 cm³/mol. The molecule has 3 heterocycles. The number of carbonyl (C=O) groups is 1. The minimum absolute atomic E-state index is 0.0862. The molecule has 0 radical (unpaired) electrons. The van der Waals surface area contributed by atoms with Crippen molar-refractivity contribution in [1.29, 1.82) is 0 Å². The average Bonchev–Trinajstić information content (AvgIpc) is 3.03. The number of piperidine rings is 1. The molecule has 0 spiro atoms. The first-order chi connectivity index (χ1) is 13.5. The molecule has 0 aliphatic carbocycles. The normalized spacial score (nSPS) is 17.1. The molecule has 4 rings (SSSR count). The number of thiophene rings is 1. The highest BCUT2D eigenvalue weighted by Crippen LogP contribution is 2.34. The molecule has 1 aliphatic rings. The molecule has 0 saturated carbocycles. The number of carbonyl (C=O) groups excluding carboxylic acids is 1. The van der Waals surface area contributed by atoms with E-state index in [0.717, 1.165) is 45.7 Å². The van der Waals surface area contributed by atoms with E-state index < -0.39 is 0 Å². The molecule has 1 atom stereocenters. The van der Waals surface area contributed by atoms with Crippen molar-refractivity contribution in [2.45, 2.75) is 33.2 Å². The minimum atomic E-state index is -0.262. The third-order valence-electron chi connectivity index (χ3n) is 5.21. The first kappa shape index (κ1) is 18.8. The maximum atomic E-state index is 13.4. The zero-order chi connectivity index (χ0) is 19.7. The maximum Gasteiger partial charge on any atom is 0.264 e. The summed E-state index contributed by atoms with van der Waals surface area (Å²) >= 11 is 1.42. The van der Waals surface area contributed by atoms with Gasteiger partial charge in [0.2, 0.25) is 0 Å². The van der Waals surface area contributed by atoms with Crippen LogP contribution in [-0.4, -0.2) is 33.9 Å². The van der Waals surface area contributed by atoms with Gasteiger partial charge in [-0.3, -0.25) is 4.79 Å². The summed E-state index contributed by atoms with van der Waals surface area (Å²) in [5.41, 5.74) is 1.74. The number of rotatable bonds is 4. The van der Waals surface area contributed by atoms with E-state index >= 15 is 0 Å². The summed E-state index contributed by atoms with van der Waals surface area (Å²) < 4.78 is 13.4. The Balaban J connectivity index is 1.62. The molecular formula is C21H23FN4OS. The molecule has 1 saturated heterocycles. The fourth-order valence-corrected chi connectivity index (χ4v) is 4.88. The van der Waals surface area contributed by atoms with E-state index in [4.69, 9.17) is 0 Å². The number of halogens is 1. The van der Waals surface area contributed by atoms with Gasteiger partial charge in [-0.2, -0.15) is 0 Å². The number of benzene rings is 1. The third kappa shape index (κ3) is 3.71. The van der Waals surface area contributed by atoms with E-state index in [1.807, 2.05) is 17.9 Å². The third-order valence-corrected chi connectivity index (χ3v) is 6.40. The van der Waals surface area contributed by atoms with Crippen molar-refractivity contribution in [3.05, 3.63) is 52.4 Å². The van der Waals surface area contributed by atoms with Gasteiger partial charge in [0.25, 0.3) is 5.91 Å². The summed E-state index contributed by atoms with van der Waals surface area (Å²) in [5.74, 6) is 1.04. The highest BCUT2D eigenvalue weighted by molar-refractivity contribution is 7.20. The lowest BCUT2D eigenvalue weighted by Gasteiger charge is -2.30. The van der Waals surface area contributed by atoms with Gasteiger partial charge in [0, 0.05) is 19.6 Å². The largest absolute Gasteiger partial charge is 0.365 e. The standard InChI is InChI=1S/C21H23FN4OS/c1-13-5-4-8-26(11-13)21(27)18-14(2)17-19(24-12-25-20(17)28-18)23-10-15-6-3-7-16(22)9-15/h3,6-7,9,12-13H,4-5,8,10-11H2,1-2H3,(H,23,24,25)/t13-/m1/s1. The van der Waals surface area contributed by atoms with Gasteiger partial charge in [0.15, 0.2) is 0 Å². The monoisotopic (exact) mass is 398 g/mol. The summed E-state index contributed by atoms with van der Waals surface area (Å²) in [6.07, 6.45) is 3.73. The van der Waals surface area contributed by atoms with Crippen LogP contribution in [0.1, 0.15) is 40.6 Å². The Hall–Kier alpha value is -2.54. The second kappa shape index (κ2) is 7.83. The van der Waals surface area contributed by atoms with E-state index in [-0.39, 0.29) is 11.7 Å². The molecule has 1 N–H and O–H groups in total. The summed E-state index contributed by atoms with van der Waals surface area (Å²) in [6, 6.07) is 6.47. The molecule has 1 amide bonds. The Morgan fingerprint density at radius 2 is 2.25 bits per heavy atom. The number of amides is 1. The van der Waals surface area contributed by atoms with Gasteiger partial charge in [-0.1, -0.05) is 19.1 Å². The molecule has 146 valence electrons. The zero-order valence-electron chi connectivity index (χ0n) is 16.0. The summed E-state index contributed by atoms with van der Waals surface area (Å²) in [4.78, 5) is 25.3. The number of aryl methyl sites for hydroxylation is 1. The molecule has 1 aliphatic heterocycles. The summed E-state index contributed by atoms with van der Waals surface area (Å²) in [7, 11) is 0. The maximum absolute atomic E-state index is 13.4. The number of nitrogens with zero attached hydrogens (tertiary/aromatic N) is 3. The van der Waals surface area contributed by atoms with Crippen LogP contribution < -0.4 is 5.32 Å². The highest BCUT2D eigenvalue weighted by atomic mass is 32.1. The molecule has 1 fully saturated rings. The van der Waals surface area contributed by atoms with E-state index in [2.05, 4.69) is 22.2 Å². The number of nitrogens with one attached hydrogen (secondary N) is 1. The van der Waals surface area contributed by atoms with Crippen LogP contribution in [0, 0.1) is 18.7 Å². The van der Waals surface area contributed by atoms with Crippen LogP contribution in [0.5, 0.6) is 0 Å². The second-order valence-corrected chi connectivity index (χ2v) is 8.44. The Labute approximate surface area is 167 Å². The Morgan fingerprint density at radius 1 is 1.39 bits per heavy atom. The number of anilines is 1. The molecule has 2 aromatic heterocycles. The van der Waals surface area contributed by atoms with Crippen LogP contribution in [0.3, 0.4) is 0 Å². The van der Waals surface area contributed by atoms with Crippen molar-refractivity contribution in [1.82, 2.24) is 14.9 Å². The predicted octanol–water partition coefficient (Wildman–Crippen LogP) is 4.62. The Kier molecular flexibility index (Phi) is 5.26. The van der Waals surface area contributed by atoms with E-state index in [0.29, 0.717) is 18.3 Å². The molecule has 5 nitrogen and oxygen atoms in total. The van der Waals surface area contributed by atoms with Gasteiger partial charge in [-0.15, -0.1) is 11.3 Å². The number of fused-ring (bicyclic) bond motifs is 1. The first-order valence-corrected chi connectivity index (χ1v) is 10.4. The van der Waals surface area contributed by atoms with Gasteiger partial charge in [0.05, 0.1) is 10.3 Å². The molecule has 7 heteroatoms. The van der Waals surface area contributed by atoms with Crippen LogP contribution in [0.4, 0.5) is 10.2 Å². The van der Waals surface area contributed by atoms with Gasteiger partial charge < -0.3 is 10.2 Å². The second-order valence-electron chi connectivity index (χ2n) is 7.44. The molecular weight excluding hydrogens is 375 g/mol. The number of hydrogen-bond donors (Lipinski definition) is 1. The first-order valence-electron chi connectivity index (χ1n) is 9.54. The Bertz CT molecular complexity index is 1020. The summed E-state index contributed by atoms with van der Waals surface area (Å²) in [6.45, 7) is 6.22. The molecule has 1 aromatic carbocycles. The van der Waals surface area contributed by atoms with Crippen LogP contribution in [-0.2, 0) is 6.54 Å². The molecule has 28 heavy (non-hydrogen) atoms. The SMILES string of the molecule is Cc1c(C(=O)N2CCC[C@@H](C)C2)sc2ncnc(NCc3cccc(F)c3)c12. The van der Waals surface area contributed by atoms with Crippen molar-refractivity contribution >= 4 is 33.3 Å². The number of hydrogen-bond acceptors (Lipinski definition) is 5. The topological polar surface area (TPSA) is 58.1 Å². The van der Waals surface area contributed by atoms with E-state index in [1.165, 1.54) is 36.2 Å². The molecule has 0 bridgehead atoms. The van der Waals surface area contributed by atoms with Gasteiger partial charge in [-0.25, -0.2) is 14.4 Å². The lowest BCUT2D eigenvalue weighted by atomic mass is 10.00. The van der Waals surface area contributed by atoms with Gasteiger partial charge in [0.1, 0.15) is 22.8 Å². The summed E-state index contributed by atoms with van der Waals surface area (Å²) in [5, 5.41) is 4.15. The fourth-order valence-electron chi connectivity index (χ4n) is 3.76. The Morgan fingerprint density at radius 3 is 3.04 bits per heavy atom. The van der Waals surface area contributed by atoms with Crippen molar-refractivity contribution < 1.29 is 9.18 Å². The molecule has 0 unspecified atom stereocenters. The lowest BCUT2D eigenvalue weighted by molar-refractivity contribution is 0.0687. The van der Waals surface area contributed by atoms with Crippen molar-refractivity contribution in [2.24, 2.45) is 5.92 Å². The zero-order valence-corrected chi connectivity index (χ0v) is 16.9. The van der Waals surface area contributed by atoms with E-state index in [1.54, 1.807) is 6.07 Å².